The van der Waals surface area contributed by atoms with E-state index >= 15 is 0 Å². The monoisotopic (exact) mass is 400 g/mol. The minimum Gasteiger partial charge on any atom is -0.456 e. The van der Waals surface area contributed by atoms with Gasteiger partial charge in [0.05, 0.1) is 0 Å². The van der Waals surface area contributed by atoms with Crippen LogP contribution in [0.2, 0.25) is 0 Å². The van der Waals surface area contributed by atoms with Gasteiger partial charge in [0.15, 0.2) is 0 Å². The molecule has 0 bridgehead atoms. The Morgan fingerprint density at radius 3 is 2.30 bits per heavy atom. The van der Waals surface area contributed by atoms with Crippen molar-refractivity contribution in [3.63, 3.8) is 0 Å². The molecule has 0 spiro atoms. The Bertz CT molecular complexity index is 1620. The van der Waals surface area contributed by atoms with Gasteiger partial charge in [0, 0.05) is 25.9 Å². The molecule has 6 aromatic rings. The topological polar surface area (TPSA) is 13.1 Å². The zero-order chi connectivity index (χ0) is 19.7. The molecule has 0 saturated carbocycles. The van der Waals surface area contributed by atoms with Crippen LogP contribution < -0.4 is 0 Å². The molecule has 0 atom stereocenters. The standard InChI is InChI=1S/C28H16OS/c1-3-10-24-19(6-1)20-13-12-17(16-25(20)29-24)18-14-15-27-28-22(18)8-5-9-23(28)21-7-2-4-11-26(21)30-27/h1-16H. The van der Waals surface area contributed by atoms with Crippen molar-refractivity contribution in [3.05, 3.63) is 97.1 Å². The number of hydrogen-bond donors (Lipinski definition) is 0. The average Bonchev–Trinajstić information content (AvgIpc) is 3.17. The summed E-state index contributed by atoms with van der Waals surface area (Å²) in [4.78, 5) is 2.65. The summed E-state index contributed by atoms with van der Waals surface area (Å²) in [5.41, 5.74) is 6.96. The lowest BCUT2D eigenvalue weighted by atomic mass is 9.92. The zero-order valence-corrected chi connectivity index (χ0v) is 16.9. The first-order valence-electron chi connectivity index (χ1n) is 10.1. The zero-order valence-electron chi connectivity index (χ0n) is 16.1. The van der Waals surface area contributed by atoms with Gasteiger partial charge >= 0.3 is 0 Å². The van der Waals surface area contributed by atoms with Gasteiger partial charge in [0.1, 0.15) is 11.2 Å². The van der Waals surface area contributed by atoms with Crippen LogP contribution in [-0.4, -0.2) is 0 Å². The van der Waals surface area contributed by atoms with E-state index in [0.717, 1.165) is 11.2 Å². The maximum Gasteiger partial charge on any atom is 0.136 e. The SMILES string of the molecule is c1ccc2c(c1)Sc1ccc(-c3ccc4c(c3)oc3ccccc34)c3cccc-2c13. The molecular weight excluding hydrogens is 384 g/mol. The van der Waals surface area contributed by atoms with E-state index in [1.54, 1.807) is 0 Å². The molecule has 0 radical (unpaired) electrons. The van der Waals surface area contributed by atoms with Gasteiger partial charge in [-0.3, -0.25) is 0 Å². The summed E-state index contributed by atoms with van der Waals surface area (Å²) in [5.74, 6) is 0. The Kier molecular flexibility index (Phi) is 3.27. The molecule has 2 heteroatoms. The van der Waals surface area contributed by atoms with Crippen molar-refractivity contribution in [1.82, 2.24) is 0 Å². The quantitative estimate of drug-likeness (QED) is 0.274. The van der Waals surface area contributed by atoms with Gasteiger partial charge in [-0.05, 0) is 58.0 Å². The lowest BCUT2D eigenvalue weighted by Crippen LogP contribution is -1.93. The fourth-order valence-electron chi connectivity index (χ4n) is 4.73. The van der Waals surface area contributed by atoms with Gasteiger partial charge in [-0.2, -0.15) is 0 Å². The summed E-state index contributed by atoms with van der Waals surface area (Å²) in [6, 6.07) is 34.7. The predicted octanol–water partition coefficient (Wildman–Crippen LogP) is 8.54. The summed E-state index contributed by atoms with van der Waals surface area (Å²) in [6.45, 7) is 0. The smallest absolute Gasteiger partial charge is 0.136 e. The molecule has 0 unspecified atom stereocenters. The van der Waals surface area contributed by atoms with E-state index in [4.69, 9.17) is 4.42 Å². The number of benzene rings is 5. The van der Waals surface area contributed by atoms with Gasteiger partial charge < -0.3 is 4.42 Å². The van der Waals surface area contributed by atoms with Crippen LogP contribution in [0.5, 0.6) is 0 Å². The fraction of sp³-hybridized carbons (Fsp3) is 0. The Balaban J connectivity index is 1.50. The maximum atomic E-state index is 6.15. The van der Waals surface area contributed by atoms with E-state index in [9.17, 15) is 0 Å². The van der Waals surface area contributed by atoms with Crippen molar-refractivity contribution >= 4 is 44.5 Å². The van der Waals surface area contributed by atoms with Crippen LogP contribution in [0.3, 0.4) is 0 Å². The van der Waals surface area contributed by atoms with Crippen LogP contribution >= 0.6 is 11.8 Å². The molecule has 0 fully saturated rings. The van der Waals surface area contributed by atoms with Crippen molar-refractivity contribution in [1.29, 1.82) is 0 Å². The first kappa shape index (κ1) is 16.3. The van der Waals surface area contributed by atoms with Crippen molar-refractivity contribution < 1.29 is 4.42 Å². The Morgan fingerprint density at radius 2 is 1.30 bits per heavy atom. The molecule has 140 valence electrons. The predicted molar refractivity (Wildman–Crippen MR) is 126 cm³/mol. The number of hydrogen-bond acceptors (Lipinski definition) is 2. The maximum absolute atomic E-state index is 6.15. The highest BCUT2D eigenvalue weighted by Gasteiger charge is 2.20. The van der Waals surface area contributed by atoms with Crippen LogP contribution in [-0.2, 0) is 0 Å². The number of fused-ring (bicyclic) bond motifs is 5. The molecule has 2 heterocycles. The van der Waals surface area contributed by atoms with Gasteiger partial charge in [0.25, 0.3) is 0 Å². The lowest BCUT2D eigenvalue weighted by molar-refractivity contribution is 0.669. The molecule has 1 nitrogen and oxygen atoms in total. The second-order valence-electron chi connectivity index (χ2n) is 7.75. The van der Waals surface area contributed by atoms with Crippen molar-refractivity contribution in [3.8, 4) is 22.3 Å². The molecule has 0 N–H and O–H groups in total. The largest absolute Gasteiger partial charge is 0.456 e. The minimum absolute atomic E-state index is 0.939. The summed E-state index contributed by atoms with van der Waals surface area (Å²) in [7, 11) is 0. The van der Waals surface area contributed by atoms with E-state index in [0.29, 0.717) is 0 Å². The van der Waals surface area contributed by atoms with E-state index in [1.165, 1.54) is 53.6 Å². The van der Waals surface area contributed by atoms with E-state index < -0.39 is 0 Å². The molecule has 30 heavy (non-hydrogen) atoms. The first-order chi connectivity index (χ1) is 14.9. The Morgan fingerprint density at radius 1 is 0.500 bits per heavy atom. The van der Waals surface area contributed by atoms with Crippen molar-refractivity contribution in [2.45, 2.75) is 9.79 Å². The Hall–Kier alpha value is -3.49. The minimum atomic E-state index is 0.939. The van der Waals surface area contributed by atoms with Crippen LogP contribution in [0, 0.1) is 0 Å². The van der Waals surface area contributed by atoms with Gasteiger partial charge in [0.2, 0.25) is 0 Å². The molecular formula is C28H16OS. The highest BCUT2D eigenvalue weighted by molar-refractivity contribution is 7.99. The molecule has 0 amide bonds. The lowest BCUT2D eigenvalue weighted by Gasteiger charge is -2.21. The normalized spacial score (nSPS) is 12.5. The van der Waals surface area contributed by atoms with Crippen LogP contribution in [0.25, 0.3) is 55.0 Å². The summed E-state index contributed by atoms with van der Waals surface area (Å²) in [5, 5.41) is 4.98. The van der Waals surface area contributed by atoms with Gasteiger partial charge in [-0.25, -0.2) is 0 Å². The highest BCUT2D eigenvalue weighted by Crippen LogP contribution is 2.49. The highest BCUT2D eigenvalue weighted by atomic mass is 32.2. The van der Waals surface area contributed by atoms with Crippen LogP contribution in [0.15, 0.2) is 111 Å². The molecule has 5 aromatic carbocycles. The number of furan rings is 1. The molecule has 0 aliphatic carbocycles. The first-order valence-corrected chi connectivity index (χ1v) is 10.9. The van der Waals surface area contributed by atoms with Crippen molar-refractivity contribution in [2.75, 3.05) is 0 Å². The molecule has 1 aliphatic heterocycles. The average molecular weight is 401 g/mol. The third kappa shape index (κ3) is 2.20. The summed E-state index contributed by atoms with van der Waals surface area (Å²) < 4.78 is 6.15. The molecule has 1 aromatic heterocycles. The number of rotatable bonds is 1. The summed E-state index contributed by atoms with van der Waals surface area (Å²) in [6.07, 6.45) is 0. The second-order valence-corrected chi connectivity index (χ2v) is 8.83. The molecule has 7 rings (SSSR count). The fourth-order valence-corrected chi connectivity index (χ4v) is 5.86. The third-order valence-electron chi connectivity index (χ3n) is 6.09. The second kappa shape index (κ2) is 6.01. The van der Waals surface area contributed by atoms with Crippen LogP contribution in [0.1, 0.15) is 0 Å². The van der Waals surface area contributed by atoms with Crippen LogP contribution in [0.4, 0.5) is 0 Å². The van der Waals surface area contributed by atoms with Gasteiger partial charge in [-0.1, -0.05) is 78.5 Å². The Labute approximate surface area is 178 Å². The van der Waals surface area contributed by atoms with Crippen molar-refractivity contribution in [2.24, 2.45) is 0 Å². The third-order valence-corrected chi connectivity index (χ3v) is 7.23. The number of para-hydroxylation sites is 1. The van der Waals surface area contributed by atoms with Gasteiger partial charge in [-0.15, -0.1) is 0 Å². The van der Waals surface area contributed by atoms with E-state index in [2.05, 4.69) is 84.9 Å². The molecule has 1 aliphatic rings. The molecule has 0 saturated heterocycles. The van der Waals surface area contributed by atoms with E-state index in [-0.39, 0.29) is 0 Å². The summed E-state index contributed by atoms with van der Waals surface area (Å²) >= 11 is 1.87. The van der Waals surface area contributed by atoms with E-state index in [1.807, 2.05) is 23.9 Å².